The summed E-state index contributed by atoms with van der Waals surface area (Å²) in [5, 5.41) is 0. The summed E-state index contributed by atoms with van der Waals surface area (Å²) in [7, 11) is 0. The molecule has 0 radical (unpaired) electrons. The Bertz CT molecular complexity index is 957. The van der Waals surface area contributed by atoms with Crippen molar-refractivity contribution in [2.45, 2.75) is 65.2 Å². The molecule has 32 heavy (non-hydrogen) atoms. The fraction of sp³-hybridized carbons (Fsp3) is 0.538. The van der Waals surface area contributed by atoms with Crippen LogP contribution in [-0.4, -0.2) is 57.8 Å². The van der Waals surface area contributed by atoms with Gasteiger partial charge in [-0.3, -0.25) is 9.59 Å². The summed E-state index contributed by atoms with van der Waals surface area (Å²) < 4.78 is 0. The predicted octanol–water partition coefficient (Wildman–Crippen LogP) is 3.52. The molecule has 170 valence electrons. The maximum Gasteiger partial charge on any atom is 0.227 e. The number of hydrogen-bond acceptors (Lipinski definition) is 4. The van der Waals surface area contributed by atoms with Gasteiger partial charge in [-0.1, -0.05) is 29.8 Å². The van der Waals surface area contributed by atoms with E-state index in [1.54, 1.807) is 0 Å². The van der Waals surface area contributed by atoms with Gasteiger partial charge in [0.05, 0.1) is 12.8 Å². The Morgan fingerprint density at radius 2 is 1.44 bits per heavy atom. The molecule has 2 aliphatic rings. The molecule has 0 spiro atoms. The summed E-state index contributed by atoms with van der Waals surface area (Å²) >= 11 is 0. The van der Waals surface area contributed by atoms with Crippen molar-refractivity contribution in [2.75, 3.05) is 26.2 Å². The number of hydrogen-bond donors (Lipinski definition) is 0. The van der Waals surface area contributed by atoms with Crippen molar-refractivity contribution in [3.8, 4) is 0 Å². The molecule has 2 fully saturated rings. The Kier molecular flexibility index (Phi) is 6.87. The summed E-state index contributed by atoms with van der Waals surface area (Å²) in [6.45, 7) is 9.20. The van der Waals surface area contributed by atoms with Crippen LogP contribution in [0, 0.1) is 20.8 Å². The first-order valence-electron chi connectivity index (χ1n) is 11.9. The fourth-order valence-electron chi connectivity index (χ4n) is 4.84. The number of piperidine rings is 1. The Hall–Kier alpha value is -2.76. The molecule has 1 atom stereocenters. The molecular formula is C26H34N4O2. The molecule has 2 aromatic rings. The van der Waals surface area contributed by atoms with Crippen LogP contribution >= 0.6 is 0 Å². The molecule has 0 saturated carbocycles. The number of rotatable bonds is 5. The molecule has 2 saturated heterocycles. The van der Waals surface area contributed by atoms with E-state index in [1.165, 1.54) is 5.56 Å². The molecule has 1 aromatic heterocycles. The van der Waals surface area contributed by atoms with Gasteiger partial charge in [0.1, 0.15) is 5.82 Å². The first-order valence-corrected chi connectivity index (χ1v) is 11.9. The van der Waals surface area contributed by atoms with Crippen molar-refractivity contribution in [3.05, 3.63) is 58.2 Å². The van der Waals surface area contributed by atoms with Gasteiger partial charge < -0.3 is 9.80 Å². The lowest BCUT2D eigenvalue weighted by atomic mass is 9.95. The minimum atomic E-state index is 0.145. The first-order chi connectivity index (χ1) is 15.4. The van der Waals surface area contributed by atoms with Crippen molar-refractivity contribution < 1.29 is 9.59 Å². The topological polar surface area (TPSA) is 66.4 Å². The Morgan fingerprint density at radius 3 is 2.09 bits per heavy atom. The molecule has 4 rings (SSSR count). The normalized spacial score (nSPS) is 18.8. The molecular weight excluding hydrogens is 400 g/mol. The van der Waals surface area contributed by atoms with Crippen LogP contribution in [0.5, 0.6) is 0 Å². The van der Waals surface area contributed by atoms with E-state index in [9.17, 15) is 9.59 Å². The second kappa shape index (κ2) is 9.80. The maximum atomic E-state index is 12.9. The summed E-state index contributed by atoms with van der Waals surface area (Å²) in [5.74, 6) is 1.30. The number of carbonyl (C=O) groups excluding carboxylic acids is 2. The van der Waals surface area contributed by atoms with Crippen LogP contribution in [-0.2, 0) is 22.4 Å². The molecule has 0 unspecified atom stereocenters. The number of likely N-dealkylation sites (tertiary alicyclic amines) is 2. The number of amides is 2. The smallest absolute Gasteiger partial charge is 0.227 e. The number of aromatic nitrogens is 2. The second-order valence-corrected chi connectivity index (χ2v) is 9.34. The molecule has 0 bridgehead atoms. The summed E-state index contributed by atoms with van der Waals surface area (Å²) in [5.41, 5.74) is 4.99. The van der Waals surface area contributed by atoms with Crippen LogP contribution in [0.4, 0.5) is 0 Å². The van der Waals surface area contributed by atoms with Gasteiger partial charge in [-0.05, 0) is 52.0 Å². The van der Waals surface area contributed by atoms with Gasteiger partial charge in [-0.25, -0.2) is 9.97 Å². The average Bonchev–Trinajstić information content (AvgIpc) is 3.33. The largest absolute Gasteiger partial charge is 0.342 e. The highest BCUT2D eigenvalue weighted by molar-refractivity contribution is 5.80. The minimum absolute atomic E-state index is 0.145. The number of benzene rings is 1. The lowest BCUT2D eigenvalue weighted by molar-refractivity contribution is -0.132. The first kappa shape index (κ1) is 22.4. The highest BCUT2D eigenvalue weighted by Crippen LogP contribution is 2.27. The Morgan fingerprint density at radius 1 is 0.844 bits per heavy atom. The molecule has 2 aliphatic heterocycles. The van der Waals surface area contributed by atoms with Gasteiger partial charge in [-0.2, -0.15) is 0 Å². The van der Waals surface area contributed by atoms with E-state index in [1.807, 2.05) is 35.8 Å². The third-order valence-corrected chi connectivity index (χ3v) is 6.84. The highest BCUT2D eigenvalue weighted by Gasteiger charge is 2.28. The zero-order valence-electron chi connectivity index (χ0n) is 19.6. The molecule has 1 aromatic carbocycles. The minimum Gasteiger partial charge on any atom is -0.342 e. The van der Waals surface area contributed by atoms with Crippen molar-refractivity contribution in [1.82, 2.24) is 19.8 Å². The quantitative estimate of drug-likeness (QED) is 0.722. The van der Waals surface area contributed by atoms with Gasteiger partial charge in [0.2, 0.25) is 11.8 Å². The van der Waals surface area contributed by atoms with Gasteiger partial charge in [0.25, 0.3) is 0 Å². The van der Waals surface area contributed by atoms with E-state index >= 15 is 0 Å². The highest BCUT2D eigenvalue weighted by atomic mass is 16.2. The molecule has 2 amide bonds. The molecule has 0 aliphatic carbocycles. The molecule has 6 heteroatoms. The van der Waals surface area contributed by atoms with Crippen LogP contribution in [0.15, 0.2) is 24.3 Å². The van der Waals surface area contributed by atoms with Crippen LogP contribution in [0.2, 0.25) is 0 Å². The fourth-order valence-corrected chi connectivity index (χ4v) is 4.84. The second-order valence-electron chi connectivity index (χ2n) is 9.34. The molecule has 6 nitrogen and oxygen atoms in total. The molecule has 0 N–H and O–H groups in total. The number of nitrogens with zero attached hydrogens (tertiary/aromatic N) is 4. The van der Waals surface area contributed by atoms with Crippen molar-refractivity contribution in [3.63, 3.8) is 0 Å². The average molecular weight is 435 g/mol. The van der Waals surface area contributed by atoms with Crippen molar-refractivity contribution >= 4 is 11.8 Å². The van der Waals surface area contributed by atoms with Gasteiger partial charge >= 0.3 is 0 Å². The maximum absolute atomic E-state index is 12.9. The van der Waals surface area contributed by atoms with Crippen molar-refractivity contribution in [2.24, 2.45) is 0 Å². The van der Waals surface area contributed by atoms with Gasteiger partial charge in [-0.15, -0.1) is 0 Å². The lowest BCUT2D eigenvalue weighted by Gasteiger charge is -2.32. The van der Waals surface area contributed by atoms with Crippen LogP contribution in [0.25, 0.3) is 0 Å². The standard InChI is InChI=1S/C26H34N4O2/c1-18-8-10-21(11-9-18)15-24(31)30-14-6-7-22(17-30)26-27-19(2)23(20(3)28-26)16-25(32)29-12-4-5-13-29/h8-11,22H,4-7,12-17H2,1-3H3/t22-/m0/s1. The SMILES string of the molecule is Cc1ccc(CC(=O)N2CCC[C@H](c3nc(C)c(CC(=O)N4CCCC4)c(C)n3)C2)cc1. The zero-order valence-corrected chi connectivity index (χ0v) is 19.6. The van der Waals surface area contributed by atoms with E-state index < -0.39 is 0 Å². The van der Waals surface area contributed by atoms with Crippen LogP contribution in [0.1, 0.15) is 65.5 Å². The van der Waals surface area contributed by atoms with Crippen LogP contribution < -0.4 is 0 Å². The Labute approximate surface area is 191 Å². The number of carbonyl (C=O) groups is 2. The third kappa shape index (κ3) is 5.17. The van der Waals surface area contributed by atoms with E-state index in [0.29, 0.717) is 19.4 Å². The van der Waals surface area contributed by atoms with E-state index in [4.69, 9.17) is 9.97 Å². The molecule has 3 heterocycles. The Balaban J connectivity index is 1.42. The van der Waals surface area contributed by atoms with Gasteiger partial charge in [0, 0.05) is 49.0 Å². The number of aryl methyl sites for hydroxylation is 3. The third-order valence-electron chi connectivity index (χ3n) is 6.84. The van der Waals surface area contributed by atoms with Crippen molar-refractivity contribution in [1.29, 1.82) is 0 Å². The lowest BCUT2D eigenvalue weighted by Crippen LogP contribution is -2.40. The van der Waals surface area contributed by atoms with Gasteiger partial charge in [0.15, 0.2) is 0 Å². The summed E-state index contributed by atoms with van der Waals surface area (Å²) in [6, 6.07) is 8.17. The van der Waals surface area contributed by atoms with E-state index in [-0.39, 0.29) is 17.7 Å². The summed E-state index contributed by atoms with van der Waals surface area (Å²) in [6.07, 6.45) is 4.95. The predicted molar refractivity (Wildman–Crippen MR) is 124 cm³/mol. The van der Waals surface area contributed by atoms with E-state index in [0.717, 1.165) is 73.7 Å². The summed E-state index contributed by atoms with van der Waals surface area (Å²) in [4.78, 5) is 39.1. The van der Waals surface area contributed by atoms with Crippen LogP contribution in [0.3, 0.4) is 0 Å². The van der Waals surface area contributed by atoms with E-state index in [2.05, 4.69) is 19.1 Å². The zero-order chi connectivity index (χ0) is 22.7. The monoisotopic (exact) mass is 434 g/mol.